The molecule has 5 heteroatoms. The lowest BCUT2D eigenvalue weighted by atomic mass is 10.1. The molecule has 1 rings (SSSR count). The summed E-state index contributed by atoms with van der Waals surface area (Å²) in [6, 6.07) is 3.89. The maximum absolute atomic E-state index is 12.0. The zero-order valence-electron chi connectivity index (χ0n) is 11.0. The summed E-state index contributed by atoms with van der Waals surface area (Å²) in [5.74, 6) is -0.576. The summed E-state index contributed by atoms with van der Waals surface area (Å²) in [5, 5.41) is 0. The Bertz CT molecular complexity index is 486. The second-order valence-electron chi connectivity index (χ2n) is 3.96. The minimum absolute atomic E-state index is 0.278. The molecule has 0 saturated carbocycles. The average Bonchev–Trinajstić information content (AvgIpc) is 2.25. The first kappa shape index (κ1) is 14.6. The number of hydrogen-bond acceptors (Lipinski definition) is 3. The molecule has 0 aromatic heterocycles. The number of ether oxygens (including phenoxy) is 1. The highest BCUT2D eigenvalue weighted by atomic mass is 32.2. The number of esters is 1. The van der Waals surface area contributed by atoms with Gasteiger partial charge in [-0.25, -0.2) is 9.00 Å². The van der Waals surface area contributed by atoms with E-state index >= 15 is 0 Å². The van der Waals surface area contributed by atoms with Crippen LogP contribution in [-0.4, -0.2) is 23.0 Å². The SMILES string of the molecule is CCOC(=O)/C=N/S(=O)c1c(C)cc(C)cc1C. The molecule has 0 spiro atoms. The molecule has 0 N–H and O–H groups in total. The minimum atomic E-state index is -1.57. The molecule has 0 aliphatic rings. The topological polar surface area (TPSA) is 55.7 Å². The first-order chi connectivity index (χ1) is 8.45. The smallest absolute Gasteiger partial charge is 0.350 e. The lowest BCUT2D eigenvalue weighted by Crippen LogP contribution is -2.06. The zero-order chi connectivity index (χ0) is 13.7. The third-order valence-electron chi connectivity index (χ3n) is 2.32. The highest BCUT2D eigenvalue weighted by Crippen LogP contribution is 2.20. The lowest BCUT2D eigenvalue weighted by molar-refractivity contribution is -0.134. The van der Waals surface area contributed by atoms with E-state index < -0.39 is 17.0 Å². The van der Waals surface area contributed by atoms with Crippen molar-refractivity contribution in [2.24, 2.45) is 4.40 Å². The second kappa shape index (κ2) is 6.44. The maximum atomic E-state index is 12.0. The van der Waals surface area contributed by atoms with Gasteiger partial charge in [0.2, 0.25) is 0 Å². The summed E-state index contributed by atoms with van der Waals surface area (Å²) >= 11 is 0. The fraction of sp³-hybridized carbons (Fsp3) is 0.385. The normalized spacial score (nSPS) is 12.7. The lowest BCUT2D eigenvalue weighted by Gasteiger charge is -2.07. The van der Waals surface area contributed by atoms with Gasteiger partial charge >= 0.3 is 5.97 Å². The number of nitrogens with zero attached hydrogens (tertiary/aromatic N) is 1. The molecule has 0 aliphatic heterocycles. The molecule has 0 amide bonds. The van der Waals surface area contributed by atoms with Gasteiger partial charge in [-0.05, 0) is 38.8 Å². The minimum Gasteiger partial charge on any atom is -0.462 e. The third-order valence-corrected chi connectivity index (χ3v) is 3.61. The molecule has 1 aromatic carbocycles. The van der Waals surface area contributed by atoms with Gasteiger partial charge in [0.05, 0.1) is 11.5 Å². The van der Waals surface area contributed by atoms with Crippen LogP contribution >= 0.6 is 0 Å². The quantitative estimate of drug-likeness (QED) is 0.621. The molecule has 0 aliphatic carbocycles. The molecule has 4 nitrogen and oxygen atoms in total. The Labute approximate surface area is 110 Å². The number of carbonyl (C=O) groups is 1. The van der Waals surface area contributed by atoms with E-state index in [0.29, 0.717) is 4.90 Å². The predicted molar refractivity (Wildman–Crippen MR) is 72.2 cm³/mol. The molecule has 98 valence electrons. The number of rotatable bonds is 4. The summed E-state index contributed by atoms with van der Waals surface area (Å²) in [6.45, 7) is 7.73. The van der Waals surface area contributed by atoms with E-state index in [1.165, 1.54) is 0 Å². The number of carbonyl (C=O) groups excluding carboxylic acids is 1. The summed E-state index contributed by atoms with van der Waals surface area (Å²) < 4.78 is 20.4. The van der Waals surface area contributed by atoms with Crippen molar-refractivity contribution in [3.05, 3.63) is 28.8 Å². The fourth-order valence-corrected chi connectivity index (χ4v) is 2.72. The van der Waals surface area contributed by atoms with Crippen LogP contribution in [0.25, 0.3) is 0 Å². The Morgan fingerprint density at radius 3 is 2.39 bits per heavy atom. The van der Waals surface area contributed by atoms with Gasteiger partial charge in [-0.2, -0.15) is 4.40 Å². The second-order valence-corrected chi connectivity index (χ2v) is 5.08. The van der Waals surface area contributed by atoms with Gasteiger partial charge in [0.1, 0.15) is 6.21 Å². The van der Waals surface area contributed by atoms with Crippen molar-refractivity contribution in [1.29, 1.82) is 0 Å². The molecular weight excluding hydrogens is 250 g/mol. The van der Waals surface area contributed by atoms with Crippen molar-refractivity contribution in [1.82, 2.24) is 0 Å². The van der Waals surface area contributed by atoms with Crippen LogP contribution in [0.5, 0.6) is 0 Å². The van der Waals surface area contributed by atoms with E-state index in [1.54, 1.807) is 6.92 Å². The van der Waals surface area contributed by atoms with E-state index in [0.717, 1.165) is 22.9 Å². The van der Waals surface area contributed by atoms with E-state index in [-0.39, 0.29) is 6.61 Å². The van der Waals surface area contributed by atoms with E-state index in [2.05, 4.69) is 9.13 Å². The number of hydrogen-bond donors (Lipinski definition) is 0. The Balaban J connectivity index is 2.95. The number of benzene rings is 1. The highest BCUT2D eigenvalue weighted by Gasteiger charge is 2.10. The van der Waals surface area contributed by atoms with Crippen molar-refractivity contribution in [2.75, 3.05) is 6.61 Å². The Morgan fingerprint density at radius 1 is 1.33 bits per heavy atom. The van der Waals surface area contributed by atoms with Crippen LogP contribution in [0, 0.1) is 20.8 Å². The van der Waals surface area contributed by atoms with Crippen LogP contribution in [0.15, 0.2) is 21.4 Å². The first-order valence-corrected chi connectivity index (χ1v) is 6.77. The van der Waals surface area contributed by atoms with Crippen LogP contribution in [-0.2, 0) is 20.5 Å². The molecule has 0 bridgehead atoms. The summed E-state index contributed by atoms with van der Waals surface area (Å²) in [7, 11) is -1.57. The third kappa shape index (κ3) is 3.77. The summed E-state index contributed by atoms with van der Waals surface area (Å²) in [6.07, 6.45) is 0.971. The van der Waals surface area contributed by atoms with Crippen LogP contribution in [0.3, 0.4) is 0 Å². The molecule has 0 heterocycles. The van der Waals surface area contributed by atoms with Gasteiger partial charge in [0.25, 0.3) is 0 Å². The first-order valence-electron chi connectivity index (χ1n) is 5.66. The summed E-state index contributed by atoms with van der Waals surface area (Å²) in [4.78, 5) is 11.8. The van der Waals surface area contributed by atoms with Crippen molar-refractivity contribution in [3.8, 4) is 0 Å². The highest BCUT2D eigenvalue weighted by molar-refractivity contribution is 7.84. The van der Waals surface area contributed by atoms with E-state index in [4.69, 9.17) is 0 Å². The van der Waals surface area contributed by atoms with Gasteiger partial charge < -0.3 is 4.74 Å². The van der Waals surface area contributed by atoms with Crippen LogP contribution in [0.1, 0.15) is 23.6 Å². The molecule has 0 fully saturated rings. The monoisotopic (exact) mass is 267 g/mol. The number of aryl methyl sites for hydroxylation is 3. The van der Waals surface area contributed by atoms with E-state index in [1.807, 2.05) is 32.9 Å². The average molecular weight is 267 g/mol. The molecule has 18 heavy (non-hydrogen) atoms. The van der Waals surface area contributed by atoms with Gasteiger partial charge in [-0.15, -0.1) is 0 Å². The Kier molecular flexibility index (Phi) is 5.22. The molecular formula is C13H17NO3S. The van der Waals surface area contributed by atoms with Crippen LogP contribution in [0.4, 0.5) is 0 Å². The van der Waals surface area contributed by atoms with E-state index in [9.17, 15) is 9.00 Å². The Hall–Kier alpha value is -1.49. The van der Waals surface area contributed by atoms with Gasteiger partial charge in [-0.3, -0.25) is 0 Å². The van der Waals surface area contributed by atoms with Crippen molar-refractivity contribution < 1.29 is 13.7 Å². The maximum Gasteiger partial charge on any atom is 0.350 e. The van der Waals surface area contributed by atoms with Gasteiger partial charge in [0, 0.05) is 0 Å². The van der Waals surface area contributed by atoms with Crippen molar-refractivity contribution in [2.45, 2.75) is 32.6 Å². The van der Waals surface area contributed by atoms with Crippen LogP contribution < -0.4 is 0 Å². The Morgan fingerprint density at radius 2 is 1.89 bits per heavy atom. The molecule has 0 saturated heterocycles. The fourth-order valence-electron chi connectivity index (χ4n) is 1.77. The van der Waals surface area contributed by atoms with Crippen molar-refractivity contribution in [3.63, 3.8) is 0 Å². The molecule has 1 atom stereocenters. The largest absolute Gasteiger partial charge is 0.462 e. The zero-order valence-corrected chi connectivity index (χ0v) is 11.8. The summed E-state index contributed by atoms with van der Waals surface area (Å²) in [5.41, 5.74) is 2.93. The molecule has 0 radical (unpaired) electrons. The predicted octanol–water partition coefficient (Wildman–Crippen LogP) is 2.27. The van der Waals surface area contributed by atoms with Crippen molar-refractivity contribution >= 4 is 23.2 Å². The van der Waals surface area contributed by atoms with Gasteiger partial charge in [-0.1, -0.05) is 17.7 Å². The molecule has 1 aromatic rings. The molecule has 1 unspecified atom stereocenters. The van der Waals surface area contributed by atoms with Crippen LogP contribution in [0.2, 0.25) is 0 Å². The van der Waals surface area contributed by atoms with Gasteiger partial charge in [0.15, 0.2) is 11.0 Å². The standard InChI is InChI=1S/C13H17NO3S/c1-5-17-12(15)8-14-18(16)13-10(3)6-9(2)7-11(13)4/h6-8H,5H2,1-4H3/b14-8+.